The highest BCUT2D eigenvalue weighted by Crippen LogP contribution is 2.29. The first kappa shape index (κ1) is 13.8. The van der Waals surface area contributed by atoms with Gasteiger partial charge in [-0.15, -0.1) is 0 Å². The Balaban J connectivity index is 1.87. The van der Waals surface area contributed by atoms with E-state index in [1.807, 2.05) is 6.07 Å². The highest BCUT2D eigenvalue weighted by atomic mass is 35.5. The number of nitrogens with one attached hydrogen (secondary N) is 1. The molecule has 0 saturated heterocycles. The lowest BCUT2D eigenvalue weighted by Crippen LogP contribution is -2.30. The van der Waals surface area contributed by atoms with Gasteiger partial charge in [0.05, 0.1) is 5.02 Å². The lowest BCUT2D eigenvalue weighted by atomic mass is 9.83. The van der Waals surface area contributed by atoms with E-state index in [2.05, 4.69) is 5.32 Å². The minimum absolute atomic E-state index is 0.0110. The average molecular weight is 271 g/mol. The monoisotopic (exact) mass is 270 g/mol. The molecule has 0 spiro atoms. The van der Waals surface area contributed by atoms with Gasteiger partial charge in [-0.25, -0.2) is 4.39 Å². The molecule has 1 aromatic rings. The Morgan fingerprint density at radius 1 is 1.44 bits per heavy atom. The zero-order valence-corrected chi connectivity index (χ0v) is 11.2. The van der Waals surface area contributed by atoms with Crippen LogP contribution in [0.2, 0.25) is 5.02 Å². The number of hydrogen-bond donors (Lipinski definition) is 2. The Morgan fingerprint density at radius 3 is 2.78 bits per heavy atom. The maximum Gasteiger partial charge on any atom is 0.142 e. The predicted octanol–water partition coefficient (Wildman–Crippen LogP) is 3.26. The lowest BCUT2D eigenvalue weighted by Gasteiger charge is -2.26. The van der Waals surface area contributed by atoms with Crippen LogP contribution in [0.25, 0.3) is 0 Å². The van der Waals surface area contributed by atoms with Crippen LogP contribution in [-0.4, -0.2) is 13.1 Å². The molecule has 1 unspecified atom stereocenters. The van der Waals surface area contributed by atoms with E-state index in [0.717, 1.165) is 18.0 Å². The summed E-state index contributed by atoms with van der Waals surface area (Å²) >= 11 is 5.67. The van der Waals surface area contributed by atoms with Crippen LogP contribution in [0, 0.1) is 11.7 Å². The molecule has 1 fully saturated rings. The summed E-state index contributed by atoms with van der Waals surface area (Å²) < 4.78 is 13.4. The molecule has 2 nitrogen and oxygen atoms in total. The number of rotatable bonds is 6. The standard InChI is InChI=1S/C14H20ClFN2/c15-12-5-4-11(8-13(12)16)14(9-17)18-7-6-10-2-1-3-10/h4-5,8,10,14,18H,1-3,6-7,9,17H2. The van der Waals surface area contributed by atoms with Crippen molar-refractivity contribution in [3.63, 3.8) is 0 Å². The molecule has 3 N–H and O–H groups in total. The molecule has 100 valence electrons. The summed E-state index contributed by atoms with van der Waals surface area (Å²) in [5, 5.41) is 3.55. The van der Waals surface area contributed by atoms with E-state index in [1.54, 1.807) is 6.07 Å². The van der Waals surface area contributed by atoms with E-state index in [0.29, 0.717) is 6.54 Å². The van der Waals surface area contributed by atoms with E-state index >= 15 is 0 Å². The van der Waals surface area contributed by atoms with Crippen LogP contribution in [0.15, 0.2) is 18.2 Å². The van der Waals surface area contributed by atoms with Gasteiger partial charge >= 0.3 is 0 Å². The molecule has 2 rings (SSSR count). The quantitative estimate of drug-likeness (QED) is 0.833. The number of halogens is 2. The summed E-state index contributed by atoms with van der Waals surface area (Å²) in [4.78, 5) is 0. The second-order valence-electron chi connectivity index (χ2n) is 5.00. The fourth-order valence-electron chi connectivity index (χ4n) is 2.31. The van der Waals surface area contributed by atoms with Crippen LogP contribution in [-0.2, 0) is 0 Å². The molecule has 1 aromatic carbocycles. The second kappa shape index (κ2) is 6.50. The lowest BCUT2D eigenvalue weighted by molar-refractivity contribution is 0.288. The summed E-state index contributed by atoms with van der Waals surface area (Å²) in [5.74, 6) is 0.492. The third kappa shape index (κ3) is 3.44. The fraction of sp³-hybridized carbons (Fsp3) is 0.571. The van der Waals surface area contributed by atoms with Gasteiger partial charge in [0, 0.05) is 12.6 Å². The van der Waals surface area contributed by atoms with Gasteiger partial charge in [-0.2, -0.15) is 0 Å². The Labute approximate surface area is 113 Å². The van der Waals surface area contributed by atoms with Gasteiger partial charge in [0.15, 0.2) is 0 Å². The Morgan fingerprint density at radius 2 is 2.22 bits per heavy atom. The van der Waals surface area contributed by atoms with Crippen LogP contribution in [0.1, 0.15) is 37.3 Å². The highest BCUT2D eigenvalue weighted by molar-refractivity contribution is 6.30. The average Bonchev–Trinajstić information content (AvgIpc) is 2.31. The molecule has 0 radical (unpaired) electrons. The molecule has 1 aliphatic carbocycles. The fourth-order valence-corrected chi connectivity index (χ4v) is 2.43. The number of benzene rings is 1. The Kier molecular flexibility index (Phi) is 4.98. The molecule has 1 atom stereocenters. The molecule has 0 heterocycles. The molecular weight excluding hydrogens is 251 g/mol. The van der Waals surface area contributed by atoms with Crippen LogP contribution in [0.4, 0.5) is 4.39 Å². The maximum absolute atomic E-state index is 13.4. The van der Waals surface area contributed by atoms with Crippen molar-refractivity contribution >= 4 is 11.6 Å². The molecule has 0 aliphatic heterocycles. The summed E-state index contributed by atoms with van der Waals surface area (Å²) in [6.45, 7) is 1.41. The number of hydrogen-bond acceptors (Lipinski definition) is 2. The first-order chi connectivity index (χ1) is 8.70. The highest BCUT2D eigenvalue weighted by Gasteiger charge is 2.17. The third-order valence-corrected chi connectivity index (χ3v) is 4.06. The number of nitrogens with two attached hydrogens (primary N) is 1. The minimum atomic E-state index is -0.381. The van der Waals surface area contributed by atoms with Crippen molar-refractivity contribution in [2.45, 2.75) is 31.7 Å². The van der Waals surface area contributed by atoms with E-state index in [-0.39, 0.29) is 16.9 Å². The van der Waals surface area contributed by atoms with Gasteiger partial charge in [0.1, 0.15) is 5.82 Å². The molecule has 1 aliphatic rings. The van der Waals surface area contributed by atoms with Gasteiger partial charge in [-0.3, -0.25) is 0 Å². The summed E-state index contributed by atoms with van der Waals surface area (Å²) in [5.41, 5.74) is 6.61. The molecular formula is C14H20ClFN2. The van der Waals surface area contributed by atoms with E-state index in [4.69, 9.17) is 17.3 Å². The molecule has 0 amide bonds. The van der Waals surface area contributed by atoms with Crippen LogP contribution in [0.5, 0.6) is 0 Å². The first-order valence-electron chi connectivity index (χ1n) is 6.59. The Hall–Kier alpha value is -0.640. The normalized spacial score (nSPS) is 17.5. The molecule has 18 heavy (non-hydrogen) atoms. The van der Waals surface area contributed by atoms with Gasteiger partial charge < -0.3 is 11.1 Å². The molecule has 0 bridgehead atoms. The van der Waals surface area contributed by atoms with Gasteiger partial charge in [-0.05, 0) is 36.6 Å². The SMILES string of the molecule is NCC(NCCC1CCC1)c1ccc(Cl)c(F)c1. The van der Waals surface area contributed by atoms with E-state index < -0.39 is 0 Å². The Bertz CT molecular complexity index is 393. The van der Waals surface area contributed by atoms with Gasteiger partial charge in [0.25, 0.3) is 0 Å². The first-order valence-corrected chi connectivity index (χ1v) is 6.97. The van der Waals surface area contributed by atoms with Crippen molar-refractivity contribution in [3.8, 4) is 0 Å². The van der Waals surface area contributed by atoms with E-state index in [1.165, 1.54) is 31.7 Å². The minimum Gasteiger partial charge on any atom is -0.329 e. The second-order valence-corrected chi connectivity index (χ2v) is 5.41. The van der Waals surface area contributed by atoms with Crippen molar-refractivity contribution in [2.24, 2.45) is 11.7 Å². The van der Waals surface area contributed by atoms with Crippen LogP contribution in [0.3, 0.4) is 0 Å². The summed E-state index contributed by atoms with van der Waals surface area (Å²) in [7, 11) is 0. The topological polar surface area (TPSA) is 38.0 Å². The zero-order valence-electron chi connectivity index (χ0n) is 10.5. The summed E-state index contributed by atoms with van der Waals surface area (Å²) in [6.07, 6.45) is 5.26. The van der Waals surface area contributed by atoms with Crippen molar-refractivity contribution in [2.75, 3.05) is 13.1 Å². The third-order valence-electron chi connectivity index (χ3n) is 3.75. The largest absolute Gasteiger partial charge is 0.329 e. The van der Waals surface area contributed by atoms with Crippen molar-refractivity contribution in [1.82, 2.24) is 5.32 Å². The maximum atomic E-state index is 13.4. The predicted molar refractivity (Wildman–Crippen MR) is 73.2 cm³/mol. The van der Waals surface area contributed by atoms with Gasteiger partial charge in [0.2, 0.25) is 0 Å². The van der Waals surface area contributed by atoms with E-state index in [9.17, 15) is 4.39 Å². The van der Waals surface area contributed by atoms with Crippen LogP contribution < -0.4 is 11.1 Å². The smallest absolute Gasteiger partial charge is 0.142 e. The van der Waals surface area contributed by atoms with Crippen molar-refractivity contribution in [3.05, 3.63) is 34.6 Å². The molecule has 1 saturated carbocycles. The van der Waals surface area contributed by atoms with Crippen molar-refractivity contribution < 1.29 is 4.39 Å². The molecule has 0 aromatic heterocycles. The molecule has 4 heteroatoms. The van der Waals surface area contributed by atoms with Crippen molar-refractivity contribution in [1.29, 1.82) is 0 Å². The summed E-state index contributed by atoms with van der Waals surface area (Å²) in [6, 6.07) is 4.90. The van der Waals surface area contributed by atoms with Crippen LogP contribution >= 0.6 is 11.6 Å². The zero-order chi connectivity index (χ0) is 13.0. The van der Waals surface area contributed by atoms with Gasteiger partial charge in [-0.1, -0.05) is 36.9 Å².